The second kappa shape index (κ2) is 2.22. The summed E-state index contributed by atoms with van der Waals surface area (Å²) in [5.74, 6) is 0. The largest absolute Gasteiger partial charge is 0.350 e. The summed E-state index contributed by atoms with van der Waals surface area (Å²) in [7, 11) is 2.08. The second-order valence-corrected chi connectivity index (χ2v) is 3.46. The van der Waals surface area contributed by atoms with Crippen molar-refractivity contribution < 1.29 is 0 Å². The molecule has 0 N–H and O–H groups in total. The number of fused-ring (bicyclic) bond motifs is 3. The van der Waals surface area contributed by atoms with Gasteiger partial charge >= 0.3 is 0 Å². The van der Waals surface area contributed by atoms with Crippen LogP contribution in [0.2, 0.25) is 0 Å². The zero-order valence-corrected chi connectivity index (χ0v) is 7.49. The van der Waals surface area contributed by atoms with E-state index < -0.39 is 0 Å². The minimum Gasteiger partial charge on any atom is -0.350 e. The lowest BCUT2D eigenvalue weighted by molar-refractivity contribution is 0.964. The van der Waals surface area contributed by atoms with Crippen molar-refractivity contribution in [3.63, 3.8) is 0 Å². The van der Waals surface area contributed by atoms with E-state index in [0.29, 0.717) is 0 Å². The average Bonchev–Trinajstić information content (AvgIpc) is 2.70. The lowest BCUT2D eigenvalue weighted by Crippen LogP contribution is -1.92. The van der Waals surface area contributed by atoms with Crippen molar-refractivity contribution in [3.05, 3.63) is 35.8 Å². The molecule has 0 bridgehead atoms. The molecule has 0 aliphatic heterocycles. The molecule has 1 aliphatic rings. The summed E-state index contributed by atoms with van der Waals surface area (Å²) in [4.78, 5) is 4.42. The van der Waals surface area contributed by atoms with E-state index in [0.717, 1.165) is 6.42 Å². The maximum atomic E-state index is 4.42. The van der Waals surface area contributed by atoms with Crippen molar-refractivity contribution in [2.45, 2.75) is 6.42 Å². The highest BCUT2D eigenvalue weighted by Crippen LogP contribution is 2.26. The monoisotopic (exact) mass is 170 g/mol. The summed E-state index contributed by atoms with van der Waals surface area (Å²) in [5.41, 5.74) is 3.80. The summed E-state index contributed by atoms with van der Waals surface area (Å²) >= 11 is 0. The van der Waals surface area contributed by atoms with Gasteiger partial charge in [-0.25, -0.2) is 0 Å². The number of rotatable bonds is 0. The van der Waals surface area contributed by atoms with Crippen LogP contribution in [0.3, 0.4) is 0 Å². The van der Waals surface area contributed by atoms with Crippen LogP contribution in [0.5, 0.6) is 0 Å². The molecule has 0 aromatic carbocycles. The van der Waals surface area contributed by atoms with Gasteiger partial charge in [0.15, 0.2) is 0 Å². The van der Waals surface area contributed by atoms with Gasteiger partial charge in [0.1, 0.15) is 0 Å². The predicted molar refractivity (Wildman–Crippen MR) is 53.5 cm³/mol. The van der Waals surface area contributed by atoms with Gasteiger partial charge in [0.05, 0.1) is 11.2 Å². The van der Waals surface area contributed by atoms with Crippen LogP contribution in [-0.4, -0.2) is 9.55 Å². The van der Waals surface area contributed by atoms with Crippen molar-refractivity contribution in [1.82, 2.24) is 9.55 Å². The summed E-state index contributed by atoms with van der Waals surface area (Å²) < 4.78 is 2.16. The topological polar surface area (TPSA) is 17.8 Å². The molecule has 0 amide bonds. The zero-order chi connectivity index (χ0) is 8.84. The fourth-order valence-corrected chi connectivity index (χ4v) is 1.98. The van der Waals surface area contributed by atoms with Gasteiger partial charge in [0.25, 0.3) is 0 Å². The van der Waals surface area contributed by atoms with Crippen molar-refractivity contribution in [1.29, 1.82) is 0 Å². The van der Waals surface area contributed by atoms with E-state index in [1.807, 2.05) is 6.20 Å². The third-order valence-corrected chi connectivity index (χ3v) is 2.63. The van der Waals surface area contributed by atoms with Crippen molar-refractivity contribution in [2.24, 2.45) is 7.05 Å². The normalized spacial score (nSPS) is 13.9. The minimum atomic E-state index is 0.983. The van der Waals surface area contributed by atoms with Crippen molar-refractivity contribution >= 4 is 17.0 Å². The number of hydrogen-bond donors (Lipinski definition) is 0. The molecule has 0 saturated heterocycles. The molecule has 2 aromatic heterocycles. The molecule has 0 unspecified atom stereocenters. The number of aromatic nitrogens is 2. The Labute approximate surface area is 76.5 Å². The molecule has 2 nitrogen and oxygen atoms in total. The highest BCUT2D eigenvalue weighted by Gasteiger charge is 2.11. The molecule has 3 rings (SSSR count). The van der Waals surface area contributed by atoms with Crippen LogP contribution in [0.4, 0.5) is 0 Å². The summed E-state index contributed by atoms with van der Waals surface area (Å²) in [6.45, 7) is 0. The Bertz CT molecular complexity index is 506. The van der Waals surface area contributed by atoms with Crippen LogP contribution < -0.4 is 0 Å². The third kappa shape index (κ3) is 0.800. The smallest absolute Gasteiger partial charge is 0.0585 e. The molecule has 13 heavy (non-hydrogen) atoms. The zero-order valence-electron chi connectivity index (χ0n) is 7.49. The van der Waals surface area contributed by atoms with Gasteiger partial charge in [0.2, 0.25) is 0 Å². The lowest BCUT2D eigenvalue weighted by atomic mass is 10.2. The van der Waals surface area contributed by atoms with E-state index in [2.05, 4.69) is 41.0 Å². The third-order valence-electron chi connectivity index (χ3n) is 2.63. The molecular weight excluding hydrogens is 160 g/mol. The maximum Gasteiger partial charge on any atom is 0.0585 e. The Morgan fingerprint density at radius 3 is 3.31 bits per heavy atom. The van der Waals surface area contributed by atoms with E-state index >= 15 is 0 Å². The Balaban J connectivity index is 2.53. The summed E-state index contributed by atoms with van der Waals surface area (Å²) in [6, 6.07) is 2.11. The van der Waals surface area contributed by atoms with Crippen LogP contribution in [0, 0.1) is 0 Å². The summed E-state index contributed by atoms with van der Waals surface area (Å²) in [6.07, 6.45) is 9.37. The van der Waals surface area contributed by atoms with Gasteiger partial charge in [-0.05, 0) is 6.07 Å². The number of aryl methyl sites for hydroxylation is 1. The minimum absolute atomic E-state index is 0.983. The molecule has 0 saturated carbocycles. The van der Waals surface area contributed by atoms with Crippen LogP contribution in [0.25, 0.3) is 17.0 Å². The Morgan fingerprint density at radius 2 is 2.38 bits per heavy atom. The Hall–Kier alpha value is -1.57. The standard InChI is InChI=1S/C11H10N2/c1-13-6-5-8-7-12-10-4-2-3-9(10)11(8)13/h2-3,5-7H,4H2,1H3. The molecule has 0 fully saturated rings. The van der Waals surface area contributed by atoms with E-state index in [1.54, 1.807) is 0 Å². The van der Waals surface area contributed by atoms with Gasteiger partial charge in [0, 0.05) is 36.8 Å². The van der Waals surface area contributed by atoms with Gasteiger partial charge in [-0.3, -0.25) is 4.98 Å². The van der Waals surface area contributed by atoms with E-state index in [1.165, 1.54) is 22.2 Å². The first-order chi connectivity index (χ1) is 6.36. The SMILES string of the molecule is Cn1ccc2cnc3c(c21)C=CC3. The molecule has 0 radical (unpaired) electrons. The first-order valence-corrected chi connectivity index (χ1v) is 4.46. The van der Waals surface area contributed by atoms with Crippen LogP contribution >= 0.6 is 0 Å². The molecule has 0 atom stereocenters. The van der Waals surface area contributed by atoms with Gasteiger partial charge in [-0.15, -0.1) is 0 Å². The fourth-order valence-electron chi connectivity index (χ4n) is 1.98. The van der Waals surface area contributed by atoms with E-state index in [-0.39, 0.29) is 0 Å². The molecule has 2 heteroatoms. The maximum absolute atomic E-state index is 4.42. The fraction of sp³-hybridized carbons (Fsp3) is 0.182. The second-order valence-electron chi connectivity index (χ2n) is 3.46. The highest BCUT2D eigenvalue weighted by atomic mass is 14.9. The molecule has 64 valence electrons. The quantitative estimate of drug-likeness (QED) is 0.592. The highest BCUT2D eigenvalue weighted by molar-refractivity contribution is 5.89. The van der Waals surface area contributed by atoms with Crippen LogP contribution in [0.1, 0.15) is 11.3 Å². The molecule has 2 heterocycles. The number of allylic oxidation sites excluding steroid dienone is 1. The lowest BCUT2D eigenvalue weighted by Gasteiger charge is -2.02. The van der Waals surface area contributed by atoms with Gasteiger partial charge < -0.3 is 4.57 Å². The van der Waals surface area contributed by atoms with Gasteiger partial charge in [-0.1, -0.05) is 12.2 Å². The van der Waals surface area contributed by atoms with E-state index in [9.17, 15) is 0 Å². The number of hydrogen-bond acceptors (Lipinski definition) is 1. The Kier molecular flexibility index (Phi) is 1.18. The molecule has 0 spiro atoms. The molecular formula is C11H10N2. The molecule has 2 aromatic rings. The summed E-state index contributed by atoms with van der Waals surface area (Å²) in [5, 5.41) is 1.23. The number of nitrogens with zero attached hydrogens (tertiary/aromatic N) is 2. The van der Waals surface area contributed by atoms with Crippen LogP contribution in [0.15, 0.2) is 24.5 Å². The molecule has 1 aliphatic carbocycles. The predicted octanol–water partition coefficient (Wildman–Crippen LogP) is 2.14. The van der Waals surface area contributed by atoms with Gasteiger partial charge in [-0.2, -0.15) is 0 Å². The van der Waals surface area contributed by atoms with E-state index in [4.69, 9.17) is 0 Å². The van der Waals surface area contributed by atoms with Crippen molar-refractivity contribution in [2.75, 3.05) is 0 Å². The Morgan fingerprint density at radius 1 is 1.46 bits per heavy atom. The number of pyridine rings is 1. The first kappa shape index (κ1) is 6.89. The van der Waals surface area contributed by atoms with Crippen molar-refractivity contribution in [3.8, 4) is 0 Å². The van der Waals surface area contributed by atoms with Crippen LogP contribution in [-0.2, 0) is 13.5 Å². The average molecular weight is 170 g/mol. The first-order valence-electron chi connectivity index (χ1n) is 4.46.